The smallest absolute Gasteiger partial charge is 0.420 e. The summed E-state index contributed by atoms with van der Waals surface area (Å²) in [7, 11) is 1.77. The number of imidazole rings is 1. The second-order valence-electron chi connectivity index (χ2n) is 10.0. The number of amides is 1. The summed E-state index contributed by atoms with van der Waals surface area (Å²) in [5, 5.41) is 9.65. The number of rotatable bonds is 6. The van der Waals surface area contributed by atoms with Gasteiger partial charge in [-0.05, 0) is 54.8 Å². The van der Waals surface area contributed by atoms with Crippen molar-refractivity contribution in [3.8, 4) is 23.3 Å². The lowest BCUT2D eigenvalue weighted by atomic mass is 9.98. The number of fused-ring (bicyclic) bond motifs is 1. The highest BCUT2D eigenvalue weighted by atomic mass is 19.4. The molecule has 4 aromatic heterocycles. The van der Waals surface area contributed by atoms with E-state index in [0.717, 1.165) is 6.92 Å². The SMILES string of the molecule is Cc1c(NC(=O)c2ccccc2)c(F)c(C#Cc2cnc3c(Nc4cnn(C)c4)cccn23)c(Oc2ccncc2)c1C(F)(F)F. The van der Waals surface area contributed by atoms with Gasteiger partial charge in [0.1, 0.15) is 22.6 Å². The summed E-state index contributed by atoms with van der Waals surface area (Å²) in [4.78, 5) is 21.2. The molecule has 4 heterocycles. The Balaban J connectivity index is 1.51. The number of hydrogen-bond acceptors (Lipinski definition) is 6. The van der Waals surface area contributed by atoms with E-state index < -0.39 is 46.0 Å². The van der Waals surface area contributed by atoms with E-state index in [2.05, 4.69) is 37.5 Å². The van der Waals surface area contributed by atoms with E-state index in [1.54, 1.807) is 65.1 Å². The van der Waals surface area contributed by atoms with Crippen LogP contribution in [0.5, 0.6) is 11.5 Å². The first-order chi connectivity index (χ1) is 22.1. The van der Waals surface area contributed by atoms with E-state index >= 15 is 4.39 Å². The van der Waals surface area contributed by atoms with Crippen molar-refractivity contribution >= 4 is 28.6 Å². The first-order valence-corrected chi connectivity index (χ1v) is 13.7. The molecular formula is C33H23F4N7O2. The third kappa shape index (κ3) is 5.96. The van der Waals surface area contributed by atoms with Crippen molar-refractivity contribution in [3.05, 3.63) is 126 Å². The molecule has 46 heavy (non-hydrogen) atoms. The van der Waals surface area contributed by atoms with Gasteiger partial charge in [0, 0.05) is 37.4 Å². The van der Waals surface area contributed by atoms with Crippen LogP contribution in [-0.4, -0.2) is 30.1 Å². The van der Waals surface area contributed by atoms with Gasteiger partial charge in [0.05, 0.1) is 29.5 Å². The number of ether oxygens (including phenoxy) is 1. The highest BCUT2D eigenvalue weighted by Crippen LogP contribution is 2.46. The zero-order chi connectivity index (χ0) is 32.4. The fourth-order valence-electron chi connectivity index (χ4n) is 4.78. The molecule has 0 aliphatic carbocycles. The first kappa shape index (κ1) is 29.9. The predicted octanol–water partition coefficient (Wildman–Crippen LogP) is 7.12. The molecule has 230 valence electrons. The van der Waals surface area contributed by atoms with E-state index in [4.69, 9.17) is 4.74 Å². The lowest BCUT2D eigenvalue weighted by molar-refractivity contribution is -0.139. The van der Waals surface area contributed by atoms with Crippen molar-refractivity contribution in [2.24, 2.45) is 7.05 Å². The maximum atomic E-state index is 16.4. The van der Waals surface area contributed by atoms with Gasteiger partial charge in [0.25, 0.3) is 5.91 Å². The number of halogens is 4. The van der Waals surface area contributed by atoms with Crippen LogP contribution in [0.4, 0.5) is 34.6 Å². The van der Waals surface area contributed by atoms with Gasteiger partial charge in [-0.15, -0.1) is 0 Å². The van der Waals surface area contributed by atoms with Crippen LogP contribution in [0.2, 0.25) is 0 Å². The molecule has 9 nitrogen and oxygen atoms in total. The summed E-state index contributed by atoms with van der Waals surface area (Å²) < 4.78 is 69.4. The number of nitrogens with zero attached hydrogens (tertiary/aromatic N) is 5. The molecule has 0 unspecified atom stereocenters. The van der Waals surface area contributed by atoms with Gasteiger partial charge in [-0.1, -0.05) is 24.1 Å². The molecule has 0 spiro atoms. The highest BCUT2D eigenvalue weighted by Gasteiger charge is 2.41. The zero-order valence-corrected chi connectivity index (χ0v) is 24.2. The molecule has 0 aliphatic heterocycles. The fourth-order valence-corrected chi connectivity index (χ4v) is 4.78. The Morgan fingerprint density at radius 3 is 2.46 bits per heavy atom. The number of aryl methyl sites for hydroxylation is 1. The van der Waals surface area contributed by atoms with Crippen molar-refractivity contribution in [2.45, 2.75) is 13.1 Å². The van der Waals surface area contributed by atoms with Crippen LogP contribution in [0.1, 0.15) is 32.7 Å². The number of aromatic nitrogens is 5. The van der Waals surface area contributed by atoms with Crippen LogP contribution in [0.25, 0.3) is 5.65 Å². The van der Waals surface area contributed by atoms with Crippen molar-refractivity contribution in [1.82, 2.24) is 24.1 Å². The van der Waals surface area contributed by atoms with Crippen molar-refractivity contribution < 1.29 is 27.1 Å². The Kier molecular flexibility index (Phi) is 7.85. The lowest BCUT2D eigenvalue weighted by Gasteiger charge is -2.22. The maximum Gasteiger partial charge on any atom is 0.420 e. The Hall–Kier alpha value is -6.16. The Morgan fingerprint density at radius 2 is 1.76 bits per heavy atom. The lowest BCUT2D eigenvalue weighted by Crippen LogP contribution is -2.19. The van der Waals surface area contributed by atoms with E-state index in [1.807, 2.05) is 0 Å². The van der Waals surface area contributed by atoms with Gasteiger partial charge in [0.2, 0.25) is 0 Å². The average Bonchev–Trinajstić information content (AvgIpc) is 3.65. The van der Waals surface area contributed by atoms with Crippen molar-refractivity contribution in [2.75, 3.05) is 10.6 Å². The normalized spacial score (nSPS) is 11.2. The molecule has 6 rings (SSSR count). The average molecular weight is 626 g/mol. The summed E-state index contributed by atoms with van der Waals surface area (Å²) >= 11 is 0. The summed E-state index contributed by atoms with van der Waals surface area (Å²) in [6, 6.07) is 13.9. The van der Waals surface area contributed by atoms with Gasteiger partial charge in [-0.3, -0.25) is 18.9 Å². The zero-order valence-electron chi connectivity index (χ0n) is 24.2. The first-order valence-electron chi connectivity index (χ1n) is 13.7. The van der Waals surface area contributed by atoms with Crippen molar-refractivity contribution in [3.63, 3.8) is 0 Å². The molecule has 0 bridgehead atoms. The topological polar surface area (TPSA) is 98.4 Å². The van der Waals surface area contributed by atoms with Crippen LogP contribution >= 0.6 is 0 Å². The molecule has 0 atom stereocenters. The van der Waals surface area contributed by atoms with E-state index in [-0.39, 0.29) is 17.0 Å². The van der Waals surface area contributed by atoms with Gasteiger partial charge in [-0.2, -0.15) is 18.3 Å². The van der Waals surface area contributed by atoms with E-state index in [1.165, 1.54) is 42.9 Å². The minimum absolute atomic E-state index is 0.0238. The predicted molar refractivity (Wildman–Crippen MR) is 163 cm³/mol. The summed E-state index contributed by atoms with van der Waals surface area (Å²) in [5.74, 6) is 2.43. The monoisotopic (exact) mass is 625 g/mol. The molecule has 1 amide bonds. The molecule has 0 fully saturated rings. The van der Waals surface area contributed by atoms with Crippen molar-refractivity contribution in [1.29, 1.82) is 0 Å². The van der Waals surface area contributed by atoms with Crippen LogP contribution in [-0.2, 0) is 13.2 Å². The van der Waals surface area contributed by atoms with E-state index in [9.17, 15) is 18.0 Å². The highest BCUT2D eigenvalue weighted by molar-refractivity contribution is 6.05. The number of alkyl halides is 3. The summed E-state index contributed by atoms with van der Waals surface area (Å²) in [6.07, 6.45) is 4.09. The van der Waals surface area contributed by atoms with Gasteiger partial charge >= 0.3 is 6.18 Å². The Bertz CT molecular complexity index is 2130. The minimum Gasteiger partial charge on any atom is -0.455 e. The van der Waals surface area contributed by atoms with Crippen LogP contribution in [0.15, 0.2) is 91.8 Å². The minimum atomic E-state index is -5.01. The fraction of sp³-hybridized carbons (Fsp3) is 0.0909. The quantitative estimate of drug-likeness (QED) is 0.151. The third-order valence-corrected chi connectivity index (χ3v) is 6.91. The molecule has 0 saturated heterocycles. The van der Waals surface area contributed by atoms with Crippen LogP contribution < -0.4 is 15.4 Å². The number of hydrogen-bond donors (Lipinski definition) is 2. The molecule has 2 aromatic carbocycles. The number of carbonyl (C=O) groups is 1. The van der Waals surface area contributed by atoms with E-state index in [0.29, 0.717) is 17.0 Å². The molecule has 2 N–H and O–H groups in total. The number of pyridine rings is 2. The molecule has 0 saturated carbocycles. The largest absolute Gasteiger partial charge is 0.455 e. The number of carbonyl (C=O) groups excluding carboxylic acids is 1. The Labute approximate surface area is 259 Å². The van der Waals surface area contributed by atoms with Gasteiger partial charge in [0.15, 0.2) is 17.2 Å². The maximum absolute atomic E-state index is 16.4. The number of benzene rings is 2. The molecule has 6 aromatic rings. The summed E-state index contributed by atoms with van der Waals surface area (Å²) in [5.41, 5.74) is -1.10. The van der Waals surface area contributed by atoms with Crippen LogP contribution in [0.3, 0.4) is 0 Å². The van der Waals surface area contributed by atoms with Gasteiger partial charge in [-0.25, -0.2) is 9.37 Å². The second-order valence-corrected chi connectivity index (χ2v) is 10.0. The Morgan fingerprint density at radius 1 is 1.00 bits per heavy atom. The second kappa shape index (κ2) is 12.1. The molecule has 0 aliphatic rings. The summed E-state index contributed by atoms with van der Waals surface area (Å²) in [6.45, 7) is 1.06. The number of anilines is 3. The van der Waals surface area contributed by atoms with Gasteiger partial charge < -0.3 is 15.4 Å². The third-order valence-electron chi connectivity index (χ3n) is 6.91. The number of nitrogens with one attached hydrogen (secondary N) is 2. The molecule has 0 radical (unpaired) electrons. The molecular weight excluding hydrogens is 602 g/mol. The van der Waals surface area contributed by atoms with Crippen LogP contribution in [0, 0.1) is 24.6 Å². The standard InChI is InChI=1S/C33H23F4N7O2/c1-20-27(33(35,36)37)30(46-24-12-14-38-15-13-24)25(28(34)29(20)42-32(45)21-7-4-3-5-8-21)11-10-23-18-39-31-26(9-6-16-44(23)31)41-22-17-40-43(2)19-22/h3-9,12-19,41H,1-2H3,(H,42,45). The molecule has 13 heteroatoms.